The second kappa shape index (κ2) is 6.58. The third kappa shape index (κ3) is 3.43. The molecule has 110 valence electrons. The highest BCUT2D eigenvalue weighted by atomic mass is 79.9. The Bertz CT molecular complexity index is 768. The van der Waals surface area contributed by atoms with Gasteiger partial charge in [-0.15, -0.1) is 0 Å². The monoisotopic (exact) mass is 356 g/mol. The van der Waals surface area contributed by atoms with Crippen LogP contribution in [-0.4, -0.2) is 10.9 Å². The Morgan fingerprint density at radius 1 is 1.18 bits per heavy atom. The smallest absolute Gasteiger partial charge is 0.251 e. The van der Waals surface area contributed by atoms with E-state index in [2.05, 4.69) is 26.2 Å². The first kappa shape index (κ1) is 14.5. The summed E-state index contributed by atoms with van der Waals surface area (Å²) in [6, 6.07) is 12.9. The maximum Gasteiger partial charge on any atom is 0.251 e. The van der Waals surface area contributed by atoms with Crippen LogP contribution in [0.3, 0.4) is 0 Å². The number of amides is 1. The number of hydrogen-bond donors (Lipinski definition) is 1. The summed E-state index contributed by atoms with van der Waals surface area (Å²) in [6.07, 6.45) is 5.09. The molecule has 4 nitrogen and oxygen atoms in total. The van der Waals surface area contributed by atoms with Crippen molar-refractivity contribution < 1.29 is 9.21 Å². The van der Waals surface area contributed by atoms with Crippen LogP contribution in [0.1, 0.15) is 15.9 Å². The van der Waals surface area contributed by atoms with E-state index in [1.165, 1.54) is 0 Å². The Hall–Kier alpha value is -2.40. The van der Waals surface area contributed by atoms with Crippen LogP contribution in [0.25, 0.3) is 11.3 Å². The maximum absolute atomic E-state index is 12.1. The summed E-state index contributed by atoms with van der Waals surface area (Å²) in [6.45, 7) is 0.413. The second-order valence-corrected chi connectivity index (χ2v) is 5.66. The number of nitrogens with one attached hydrogen (secondary N) is 1. The van der Waals surface area contributed by atoms with Crippen LogP contribution in [0.4, 0.5) is 0 Å². The fourth-order valence-electron chi connectivity index (χ4n) is 2.05. The number of halogens is 1. The average Bonchev–Trinajstić information content (AvgIpc) is 3.08. The fraction of sp³-hybridized carbons (Fsp3) is 0.0588. The Morgan fingerprint density at radius 3 is 2.73 bits per heavy atom. The van der Waals surface area contributed by atoms with Gasteiger partial charge in [-0.1, -0.05) is 15.9 Å². The van der Waals surface area contributed by atoms with Crippen molar-refractivity contribution in [2.75, 3.05) is 0 Å². The summed E-state index contributed by atoms with van der Waals surface area (Å²) in [4.78, 5) is 16.3. The maximum atomic E-state index is 12.1. The van der Waals surface area contributed by atoms with Crippen LogP contribution in [0.15, 0.2) is 70.0 Å². The molecule has 1 aromatic carbocycles. The number of carbonyl (C=O) groups excluding carboxylic acids is 1. The van der Waals surface area contributed by atoms with Crippen molar-refractivity contribution in [3.63, 3.8) is 0 Å². The van der Waals surface area contributed by atoms with E-state index in [4.69, 9.17) is 4.42 Å². The van der Waals surface area contributed by atoms with Crippen molar-refractivity contribution in [2.45, 2.75) is 6.54 Å². The van der Waals surface area contributed by atoms with Crippen LogP contribution in [0.2, 0.25) is 0 Å². The summed E-state index contributed by atoms with van der Waals surface area (Å²) in [5, 5.41) is 2.88. The van der Waals surface area contributed by atoms with E-state index < -0.39 is 0 Å². The summed E-state index contributed by atoms with van der Waals surface area (Å²) in [5.41, 5.74) is 2.43. The van der Waals surface area contributed by atoms with Crippen molar-refractivity contribution in [1.29, 1.82) is 0 Å². The highest BCUT2D eigenvalue weighted by Gasteiger charge is 2.06. The zero-order valence-corrected chi connectivity index (χ0v) is 13.2. The molecule has 2 heterocycles. The van der Waals surface area contributed by atoms with Crippen LogP contribution in [0.5, 0.6) is 0 Å². The largest absolute Gasteiger partial charge is 0.464 e. The normalized spacial score (nSPS) is 10.4. The predicted molar refractivity (Wildman–Crippen MR) is 87.3 cm³/mol. The van der Waals surface area contributed by atoms with Crippen molar-refractivity contribution in [3.8, 4) is 11.3 Å². The lowest BCUT2D eigenvalue weighted by Crippen LogP contribution is -2.22. The molecule has 0 aliphatic heterocycles. The Balaban J connectivity index is 1.67. The van der Waals surface area contributed by atoms with Gasteiger partial charge in [0.25, 0.3) is 5.91 Å². The standard InChI is InChI=1S/C17H13BrN2O2/c18-15-5-3-13(4-6-15)17(21)20-10-12-8-14(11-19-9-12)16-2-1-7-22-16/h1-9,11H,10H2,(H,20,21). The quantitative estimate of drug-likeness (QED) is 0.767. The molecule has 0 saturated carbocycles. The van der Waals surface area contributed by atoms with Gasteiger partial charge < -0.3 is 9.73 Å². The van der Waals surface area contributed by atoms with Crippen molar-refractivity contribution in [3.05, 3.63) is 76.7 Å². The first-order valence-corrected chi connectivity index (χ1v) is 7.53. The first-order valence-electron chi connectivity index (χ1n) is 6.74. The minimum Gasteiger partial charge on any atom is -0.464 e. The van der Waals surface area contributed by atoms with E-state index in [0.717, 1.165) is 21.4 Å². The number of pyridine rings is 1. The van der Waals surface area contributed by atoms with E-state index in [1.807, 2.05) is 30.3 Å². The van der Waals surface area contributed by atoms with Crippen LogP contribution in [-0.2, 0) is 6.54 Å². The van der Waals surface area contributed by atoms with E-state index >= 15 is 0 Å². The average molecular weight is 357 g/mol. The van der Waals surface area contributed by atoms with Gasteiger partial charge in [0.15, 0.2) is 0 Å². The molecule has 22 heavy (non-hydrogen) atoms. The third-order valence-corrected chi connectivity index (χ3v) is 3.69. The summed E-state index contributed by atoms with van der Waals surface area (Å²) in [5.74, 6) is 0.643. The van der Waals surface area contributed by atoms with Crippen LogP contribution >= 0.6 is 15.9 Å². The van der Waals surface area contributed by atoms with Crippen LogP contribution in [0, 0.1) is 0 Å². The topological polar surface area (TPSA) is 55.1 Å². The lowest BCUT2D eigenvalue weighted by molar-refractivity contribution is 0.0951. The molecule has 1 amide bonds. The molecule has 3 rings (SSSR count). The summed E-state index contributed by atoms with van der Waals surface area (Å²) in [7, 11) is 0. The molecule has 0 saturated heterocycles. The Kier molecular flexibility index (Phi) is 4.34. The number of nitrogens with zero attached hydrogens (tertiary/aromatic N) is 1. The highest BCUT2D eigenvalue weighted by Crippen LogP contribution is 2.19. The van der Waals surface area contributed by atoms with Gasteiger partial charge in [-0.25, -0.2) is 0 Å². The van der Waals surface area contributed by atoms with Gasteiger partial charge in [-0.3, -0.25) is 9.78 Å². The molecule has 0 atom stereocenters. The van der Waals surface area contributed by atoms with E-state index in [-0.39, 0.29) is 5.91 Å². The molecule has 0 fully saturated rings. The zero-order valence-electron chi connectivity index (χ0n) is 11.6. The lowest BCUT2D eigenvalue weighted by Gasteiger charge is -2.06. The first-order chi connectivity index (χ1) is 10.7. The van der Waals surface area contributed by atoms with Crippen molar-refractivity contribution in [2.24, 2.45) is 0 Å². The molecule has 5 heteroatoms. The molecular weight excluding hydrogens is 344 g/mol. The molecule has 3 aromatic rings. The van der Waals surface area contributed by atoms with Gasteiger partial charge in [0, 0.05) is 34.5 Å². The minimum absolute atomic E-state index is 0.115. The Labute approximate surface area is 136 Å². The molecular formula is C17H13BrN2O2. The number of carbonyl (C=O) groups is 1. The van der Waals surface area contributed by atoms with Gasteiger partial charge in [0.2, 0.25) is 0 Å². The number of aromatic nitrogens is 1. The fourth-order valence-corrected chi connectivity index (χ4v) is 2.31. The van der Waals surface area contributed by atoms with Gasteiger partial charge in [0.05, 0.1) is 6.26 Å². The SMILES string of the molecule is O=C(NCc1cncc(-c2ccco2)c1)c1ccc(Br)cc1. The lowest BCUT2D eigenvalue weighted by atomic mass is 10.1. The van der Waals surface area contributed by atoms with E-state index in [9.17, 15) is 4.79 Å². The highest BCUT2D eigenvalue weighted by molar-refractivity contribution is 9.10. The number of rotatable bonds is 4. The third-order valence-electron chi connectivity index (χ3n) is 3.16. The van der Waals surface area contributed by atoms with Gasteiger partial charge in [-0.2, -0.15) is 0 Å². The van der Waals surface area contributed by atoms with Crippen molar-refractivity contribution >= 4 is 21.8 Å². The van der Waals surface area contributed by atoms with Gasteiger partial charge in [0.1, 0.15) is 5.76 Å². The molecule has 0 aliphatic rings. The molecule has 0 bridgehead atoms. The van der Waals surface area contributed by atoms with E-state index in [0.29, 0.717) is 12.1 Å². The molecule has 1 N–H and O–H groups in total. The zero-order chi connectivity index (χ0) is 15.4. The molecule has 0 spiro atoms. The van der Waals surface area contributed by atoms with Crippen molar-refractivity contribution in [1.82, 2.24) is 10.3 Å². The van der Waals surface area contributed by atoms with E-state index in [1.54, 1.807) is 30.8 Å². The second-order valence-electron chi connectivity index (χ2n) is 4.75. The number of hydrogen-bond acceptors (Lipinski definition) is 3. The summed E-state index contributed by atoms with van der Waals surface area (Å²) >= 11 is 3.35. The molecule has 0 unspecified atom stereocenters. The molecule has 2 aromatic heterocycles. The number of furan rings is 1. The van der Waals surface area contributed by atoms with Crippen LogP contribution < -0.4 is 5.32 Å². The number of benzene rings is 1. The Morgan fingerprint density at radius 2 is 2.00 bits per heavy atom. The van der Waals surface area contributed by atoms with Gasteiger partial charge >= 0.3 is 0 Å². The minimum atomic E-state index is -0.115. The molecule has 0 aliphatic carbocycles. The van der Waals surface area contributed by atoms with Gasteiger partial charge in [-0.05, 0) is 48.0 Å². The summed E-state index contributed by atoms with van der Waals surface area (Å²) < 4.78 is 6.29. The molecule has 0 radical (unpaired) electrons. The predicted octanol–water partition coefficient (Wildman–Crippen LogP) is 4.03.